The molecule has 0 bridgehead atoms. The number of carbonyl (C=O) groups is 1. The molecular weight excluding hydrogens is 328 g/mol. The Morgan fingerprint density at radius 3 is 2.38 bits per heavy atom. The number of ether oxygens (including phenoxy) is 1. The Labute approximate surface area is 134 Å². The van der Waals surface area contributed by atoms with Crippen molar-refractivity contribution < 1.29 is 27.1 Å². The van der Waals surface area contributed by atoms with E-state index in [1.807, 2.05) is 0 Å². The molecule has 0 saturated heterocycles. The molecule has 0 radical (unpaired) electrons. The number of halogens is 4. The second-order valence-electron chi connectivity index (χ2n) is 4.74. The van der Waals surface area contributed by atoms with E-state index in [2.05, 4.69) is 10.1 Å². The molecule has 0 fully saturated rings. The van der Waals surface area contributed by atoms with Gasteiger partial charge in [0.15, 0.2) is 0 Å². The van der Waals surface area contributed by atoms with Gasteiger partial charge in [-0.25, -0.2) is 8.78 Å². The molecule has 4 nitrogen and oxygen atoms in total. The third-order valence-electron chi connectivity index (χ3n) is 3.06. The minimum Gasteiger partial charge on any atom is -0.434 e. The normalized spacial score (nSPS) is 10.4. The summed E-state index contributed by atoms with van der Waals surface area (Å²) in [5, 5.41) is 10.8. The summed E-state index contributed by atoms with van der Waals surface area (Å²) in [7, 11) is 0. The van der Waals surface area contributed by atoms with Crippen LogP contribution in [0, 0.1) is 29.9 Å². The maximum Gasteiger partial charge on any atom is 0.387 e. The highest BCUT2D eigenvalue weighted by Gasteiger charge is 2.19. The Kier molecular flexibility index (Phi) is 5.04. The van der Waals surface area contributed by atoms with Crippen molar-refractivity contribution in [1.82, 2.24) is 0 Å². The highest BCUT2D eigenvalue weighted by Crippen LogP contribution is 2.25. The predicted octanol–water partition coefficient (Wildman–Crippen LogP) is 4.00. The number of amides is 1. The monoisotopic (exact) mass is 338 g/mol. The number of hydrogen-bond donors (Lipinski definition) is 1. The van der Waals surface area contributed by atoms with Crippen molar-refractivity contribution >= 4 is 11.6 Å². The van der Waals surface area contributed by atoms with Crippen molar-refractivity contribution in [3.63, 3.8) is 0 Å². The third kappa shape index (κ3) is 3.81. The van der Waals surface area contributed by atoms with Crippen LogP contribution >= 0.6 is 0 Å². The summed E-state index contributed by atoms with van der Waals surface area (Å²) in [5.74, 6) is -3.72. The standard InChI is InChI=1S/C16H10F4N2O2/c1-8-2-3-10(6-13(8)24-16(19)20)22-15(23)14-11(17)4-9(7-21)5-12(14)18/h2-6,16H,1H3,(H,22,23). The van der Waals surface area contributed by atoms with Crippen LogP contribution in [-0.2, 0) is 0 Å². The zero-order chi connectivity index (χ0) is 17.9. The zero-order valence-corrected chi connectivity index (χ0v) is 12.2. The number of nitrogens with one attached hydrogen (secondary N) is 1. The quantitative estimate of drug-likeness (QED) is 0.857. The average molecular weight is 338 g/mol. The first kappa shape index (κ1) is 17.3. The summed E-state index contributed by atoms with van der Waals surface area (Å²) in [4.78, 5) is 12.0. The van der Waals surface area contributed by atoms with E-state index in [0.29, 0.717) is 5.56 Å². The van der Waals surface area contributed by atoms with Crippen LogP contribution in [0.15, 0.2) is 30.3 Å². The van der Waals surface area contributed by atoms with Crippen molar-refractivity contribution in [2.24, 2.45) is 0 Å². The lowest BCUT2D eigenvalue weighted by Crippen LogP contribution is -2.16. The maximum atomic E-state index is 13.8. The summed E-state index contributed by atoms with van der Waals surface area (Å²) in [5.41, 5.74) is -0.746. The molecule has 2 rings (SSSR count). The van der Waals surface area contributed by atoms with Crippen LogP contribution in [0.3, 0.4) is 0 Å². The number of carbonyl (C=O) groups excluding carboxylic acids is 1. The van der Waals surface area contributed by atoms with Crippen LogP contribution in [-0.4, -0.2) is 12.5 Å². The number of anilines is 1. The molecule has 0 saturated carbocycles. The first-order chi connectivity index (χ1) is 11.3. The van der Waals surface area contributed by atoms with E-state index in [1.165, 1.54) is 19.1 Å². The lowest BCUT2D eigenvalue weighted by molar-refractivity contribution is -0.0502. The van der Waals surface area contributed by atoms with Gasteiger partial charge in [-0.2, -0.15) is 14.0 Å². The summed E-state index contributed by atoms with van der Waals surface area (Å²) in [6, 6.07) is 6.88. The number of nitriles is 1. The molecule has 0 heterocycles. The Morgan fingerprint density at radius 2 is 1.83 bits per heavy atom. The summed E-state index contributed by atoms with van der Waals surface area (Å²) >= 11 is 0. The van der Waals surface area contributed by atoms with Gasteiger partial charge >= 0.3 is 6.61 Å². The first-order valence-electron chi connectivity index (χ1n) is 6.57. The SMILES string of the molecule is Cc1ccc(NC(=O)c2c(F)cc(C#N)cc2F)cc1OC(F)F. The van der Waals surface area contributed by atoms with Crippen LogP contribution in [0.5, 0.6) is 5.75 Å². The molecule has 0 aromatic heterocycles. The van der Waals surface area contributed by atoms with Crippen molar-refractivity contribution in [3.8, 4) is 11.8 Å². The number of benzene rings is 2. The van der Waals surface area contributed by atoms with Gasteiger partial charge in [-0.3, -0.25) is 4.79 Å². The summed E-state index contributed by atoms with van der Waals surface area (Å²) in [6.07, 6.45) is 0. The smallest absolute Gasteiger partial charge is 0.387 e. The van der Waals surface area contributed by atoms with Crippen LogP contribution in [0.4, 0.5) is 23.2 Å². The Hall–Kier alpha value is -3.08. The second kappa shape index (κ2) is 7.00. The van der Waals surface area contributed by atoms with Crippen LogP contribution in [0.2, 0.25) is 0 Å². The van der Waals surface area contributed by atoms with Gasteiger partial charge in [-0.05, 0) is 30.7 Å². The Balaban J connectivity index is 2.29. The summed E-state index contributed by atoms with van der Waals surface area (Å²) in [6.45, 7) is -1.54. The van der Waals surface area contributed by atoms with Gasteiger partial charge in [-0.1, -0.05) is 6.07 Å². The minimum atomic E-state index is -3.05. The fourth-order valence-corrected chi connectivity index (χ4v) is 1.95. The van der Waals surface area contributed by atoms with Gasteiger partial charge in [0.2, 0.25) is 0 Å². The number of nitrogens with zero attached hydrogens (tertiary/aromatic N) is 1. The fraction of sp³-hybridized carbons (Fsp3) is 0.125. The van der Waals surface area contributed by atoms with Gasteiger partial charge < -0.3 is 10.1 Å². The van der Waals surface area contributed by atoms with E-state index in [1.54, 1.807) is 6.07 Å². The fourth-order valence-electron chi connectivity index (χ4n) is 1.95. The van der Waals surface area contributed by atoms with Crippen LogP contribution < -0.4 is 10.1 Å². The number of hydrogen-bond acceptors (Lipinski definition) is 3. The third-order valence-corrected chi connectivity index (χ3v) is 3.06. The molecule has 24 heavy (non-hydrogen) atoms. The maximum absolute atomic E-state index is 13.8. The number of aryl methyl sites for hydroxylation is 1. The zero-order valence-electron chi connectivity index (χ0n) is 12.2. The Morgan fingerprint density at radius 1 is 1.21 bits per heavy atom. The molecule has 0 unspecified atom stereocenters. The van der Waals surface area contributed by atoms with Crippen molar-refractivity contribution in [2.75, 3.05) is 5.32 Å². The molecule has 0 aliphatic rings. The molecule has 0 atom stereocenters. The molecule has 1 N–H and O–H groups in total. The van der Waals surface area contributed by atoms with Crippen LogP contribution in [0.25, 0.3) is 0 Å². The lowest BCUT2D eigenvalue weighted by atomic mass is 10.1. The highest BCUT2D eigenvalue weighted by atomic mass is 19.3. The molecule has 1 amide bonds. The highest BCUT2D eigenvalue weighted by molar-refractivity contribution is 6.04. The van der Waals surface area contributed by atoms with E-state index in [9.17, 15) is 22.4 Å². The van der Waals surface area contributed by atoms with E-state index >= 15 is 0 Å². The van der Waals surface area contributed by atoms with Crippen LogP contribution in [0.1, 0.15) is 21.5 Å². The van der Waals surface area contributed by atoms with Crippen molar-refractivity contribution in [3.05, 3.63) is 58.7 Å². The molecule has 8 heteroatoms. The van der Waals surface area contributed by atoms with Gasteiger partial charge in [0.1, 0.15) is 22.9 Å². The molecule has 0 aliphatic carbocycles. The molecule has 2 aromatic rings. The summed E-state index contributed by atoms with van der Waals surface area (Å²) < 4.78 is 56.5. The van der Waals surface area contributed by atoms with E-state index in [0.717, 1.165) is 18.2 Å². The van der Waals surface area contributed by atoms with Gasteiger partial charge in [-0.15, -0.1) is 0 Å². The largest absolute Gasteiger partial charge is 0.434 e. The molecular formula is C16H10F4N2O2. The number of rotatable bonds is 4. The molecule has 124 valence electrons. The van der Waals surface area contributed by atoms with Gasteiger partial charge in [0.25, 0.3) is 5.91 Å². The Bertz CT molecular complexity index is 808. The van der Waals surface area contributed by atoms with Gasteiger partial charge in [0, 0.05) is 11.8 Å². The minimum absolute atomic E-state index is 0.0180. The average Bonchev–Trinajstić information content (AvgIpc) is 2.49. The molecule has 2 aromatic carbocycles. The van der Waals surface area contributed by atoms with Crippen molar-refractivity contribution in [1.29, 1.82) is 5.26 Å². The van der Waals surface area contributed by atoms with Crippen molar-refractivity contribution in [2.45, 2.75) is 13.5 Å². The second-order valence-corrected chi connectivity index (χ2v) is 4.74. The topological polar surface area (TPSA) is 62.1 Å². The van der Waals surface area contributed by atoms with E-state index in [4.69, 9.17) is 5.26 Å². The molecule has 0 spiro atoms. The number of alkyl halides is 2. The first-order valence-corrected chi connectivity index (χ1v) is 6.57. The van der Waals surface area contributed by atoms with Gasteiger partial charge in [0.05, 0.1) is 11.6 Å². The predicted molar refractivity (Wildman–Crippen MR) is 76.8 cm³/mol. The van der Waals surface area contributed by atoms with E-state index < -0.39 is 29.7 Å². The van der Waals surface area contributed by atoms with E-state index in [-0.39, 0.29) is 17.0 Å². The lowest BCUT2D eigenvalue weighted by Gasteiger charge is -2.11. The molecule has 0 aliphatic heterocycles.